The highest BCUT2D eigenvalue weighted by molar-refractivity contribution is 5.77. The first kappa shape index (κ1) is 13.9. The van der Waals surface area contributed by atoms with E-state index < -0.39 is 12.0 Å². The molecule has 0 saturated carbocycles. The van der Waals surface area contributed by atoms with E-state index in [1.165, 1.54) is 0 Å². The number of carboxylic acids is 1. The summed E-state index contributed by atoms with van der Waals surface area (Å²) in [5.74, 6) is -0.296. The maximum absolute atomic E-state index is 11.6. The lowest BCUT2D eigenvalue weighted by molar-refractivity contribution is -0.136. The second-order valence-electron chi connectivity index (χ2n) is 4.40. The third kappa shape index (κ3) is 3.47. The molecular formula is C13H16N4O3. The Balaban J connectivity index is 1.92. The number of fused-ring (bicyclic) bond motifs is 1. The fourth-order valence-electron chi connectivity index (χ4n) is 1.78. The van der Waals surface area contributed by atoms with E-state index >= 15 is 0 Å². The summed E-state index contributed by atoms with van der Waals surface area (Å²) in [6, 6.07) is 6.87. The van der Waals surface area contributed by atoms with Gasteiger partial charge in [-0.05, 0) is 19.1 Å². The van der Waals surface area contributed by atoms with Crippen molar-refractivity contribution in [3.63, 3.8) is 0 Å². The van der Waals surface area contributed by atoms with Gasteiger partial charge in [-0.25, -0.2) is 9.78 Å². The van der Waals surface area contributed by atoms with Crippen LogP contribution in [-0.2, 0) is 4.79 Å². The predicted octanol–water partition coefficient (Wildman–Crippen LogP) is 1.40. The zero-order chi connectivity index (χ0) is 14.5. The quantitative estimate of drug-likeness (QED) is 0.662. The zero-order valence-corrected chi connectivity index (χ0v) is 11.0. The molecule has 1 aromatic carbocycles. The number of para-hydroxylation sites is 2. The number of urea groups is 1. The van der Waals surface area contributed by atoms with Crippen LogP contribution in [0.4, 0.5) is 4.79 Å². The van der Waals surface area contributed by atoms with Gasteiger partial charge in [0.15, 0.2) is 0 Å². The summed E-state index contributed by atoms with van der Waals surface area (Å²) in [5, 5.41) is 13.7. The van der Waals surface area contributed by atoms with Gasteiger partial charge in [0.2, 0.25) is 0 Å². The molecule has 4 N–H and O–H groups in total. The van der Waals surface area contributed by atoms with Gasteiger partial charge in [-0.2, -0.15) is 0 Å². The van der Waals surface area contributed by atoms with Gasteiger partial charge in [-0.15, -0.1) is 0 Å². The number of hydrogen-bond acceptors (Lipinski definition) is 3. The Morgan fingerprint density at radius 2 is 2.15 bits per heavy atom. The monoisotopic (exact) mass is 276 g/mol. The Morgan fingerprint density at radius 3 is 2.85 bits per heavy atom. The van der Waals surface area contributed by atoms with Gasteiger partial charge in [0.1, 0.15) is 5.82 Å². The third-order valence-corrected chi connectivity index (χ3v) is 2.79. The molecule has 0 saturated heterocycles. The molecule has 0 fully saturated rings. The summed E-state index contributed by atoms with van der Waals surface area (Å²) in [7, 11) is 0. The van der Waals surface area contributed by atoms with E-state index in [1.807, 2.05) is 24.3 Å². The minimum atomic E-state index is -0.948. The summed E-state index contributed by atoms with van der Waals surface area (Å²) in [5.41, 5.74) is 1.74. The number of imidazole rings is 1. The second-order valence-corrected chi connectivity index (χ2v) is 4.40. The molecule has 1 atom stereocenters. The average Bonchev–Trinajstić information content (AvgIpc) is 2.82. The van der Waals surface area contributed by atoms with Gasteiger partial charge >= 0.3 is 12.0 Å². The van der Waals surface area contributed by atoms with E-state index in [0.717, 1.165) is 11.0 Å². The van der Waals surface area contributed by atoms with Crippen LogP contribution in [0, 0.1) is 0 Å². The molecule has 1 aromatic heterocycles. The number of hydrogen-bond donors (Lipinski definition) is 4. The maximum atomic E-state index is 11.6. The molecule has 0 aliphatic heterocycles. The van der Waals surface area contributed by atoms with Crippen LogP contribution in [0.25, 0.3) is 11.0 Å². The minimum Gasteiger partial charge on any atom is -0.481 e. The van der Waals surface area contributed by atoms with Gasteiger partial charge in [0.25, 0.3) is 0 Å². The Hall–Kier alpha value is -2.57. The van der Waals surface area contributed by atoms with Gasteiger partial charge < -0.3 is 20.7 Å². The number of aromatic nitrogens is 2. The molecule has 2 rings (SSSR count). The molecule has 0 radical (unpaired) electrons. The van der Waals surface area contributed by atoms with Crippen LogP contribution >= 0.6 is 0 Å². The Morgan fingerprint density at radius 1 is 1.40 bits per heavy atom. The highest BCUT2D eigenvalue weighted by Crippen LogP contribution is 2.15. The highest BCUT2D eigenvalue weighted by Gasteiger charge is 2.13. The first-order valence-electron chi connectivity index (χ1n) is 6.27. The number of aliphatic carboxylic acids is 1. The number of carbonyl (C=O) groups is 2. The van der Waals surface area contributed by atoms with E-state index in [-0.39, 0.29) is 19.0 Å². The molecule has 106 valence electrons. The van der Waals surface area contributed by atoms with Crippen LogP contribution in [-0.4, -0.2) is 33.6 Å². The molecule has 2 aromatic rings. The summed E-state index contributed by atoms with van der Waals surface area (Å²) in [6.07, 6.45) is -0.105. The molecule has 0 spiro atoms. The minimum absolute atomic E-state index is 0.0913. The Labute approximate surface area is 115 Å². The smallest absolute Gasteiger partial charge is 0.315 e. The van der Waals surface area contributed by atoms with Gasteiger partial charge in [-0.1, -0.05) is 12.1 Å². The van der Waals surface area contributed by atoms with E-state index in [9.17, 15) is 9.59 Å². The van der Waals surface area contributed by atoms with Gasteiger partial charge in [0, 0.05) is 6.54 Å². The number of rotatable bonds is 5. The fraction of sp³-hybridized carbons (Fsp3) is 0.308. The maximum Gasteiger partial charge on any atom is 0.315 e. The zero-order valence-electron chi connectivity index (χ0n) is 11.0. The van der Waals surface area contributed by atoms with Gasteiger partial charge in [0.05, 0.1) is 23.5 Å². The molecule has 7 nitrogen and oxygen atoms in total. The molecule has 20 heavy (non-hydrogen) atoms. The van der Waals surface area contributed by atoms with Crippen molar-refractivity contribution >= 4 is 23.0 Å². The highest BCUT2D eigenvalue weighted by atomic mass is 16.4. The number of H-pyrrole nitrogens is 1. The van der Waals surface area contributed by atoms with E-state index in [4.69, 9.17) is 5.11 Å². The standard InChI is InChI=1S/C13H16N4O3/c1-8(15-13(20)14-7-6-11(18)19)12-16-9-4-2-3-5-10(9)17-12/h2-5,8H,6-7H2,1H3,(H,16,17)(H,18,19)(H2,14,15,20). The predicted molar refractivity (Wildman–Crippen MR) is 73.3 cm³/mol. The number of nitrogens with zero attached hydrogens (tertiary/aromatic N) is 1. The lowest BCUT2D eigenvalue weighted by Gasteiger charge is -2.11. The van der Waals surface area contributed by atoms with Crippen LogP contribution in [0.1, 0.15) is 25.2 Å². The van der Waals surface area contributed by atoms with Crippen LogP contribution in [0.3, 0.4) is 0 Å². The molecule has 7 heteroatoms. The first-order chi connectivity index (χ1) is 9.56. The lowest BCUT2D eigenvalue weighted by Crippen LogP contribution is -2.38. The third-order valence-electron chi connectivity index (χ3n) is 2.79. The van der Waals surface area contributed by atoms with Crippen molar-refractivity contribution in [3.8, 4) is 0 Å². The number of carboxylic acid groups (broad SMARTS) is 1. The fourth-order valence-corrected chi connectivity index (χ4v) is 1.78. The normalized spacial score (nSPS) is 12.1. The summed E-state index contributed by atoms with van der Waals surface area (Å²) >= 11 is 0. The molecule has 2 amide bonds. The lowest BCUT2D eigenvalue weighted by atomic mass is 10.3. The van der Waals surface area contributed by atoms with Crippen LogP contribution in [0.15, 0.2) is 24.3 Å². The number of amides is 2. The average molecular weight is 276 g/mol. The molecule has 1 unspecified atom stereocenters. The summed E-state index contributed by atoms with van der Waals surface area (Å²) in [4.78, 5) is 29.4. The van der Waals surface area contributed by atoms with Crippen molar-refractivity contribution in [3.05, 3.63) is 30.1 Å². The van der Waals surface area contributed by atoms with Crippen molar-refractivity contribution < 1.29 is 14.7 Å². The summed E-state index contributed by atoms with van der Waals surface area (Å²) < 4.78 is 0. The van der Waals surface area contributed by atoms with Crippen LogP contribution in [0.2, 0.25) is 0 Å². The molecule has 0 aliphatic rings. The number of benzene rings is 1. The molecule has 0 bridgehead atoms. The van der Waals surface area contributed by atoms with Crippen molar-refractivity contribution in [2.24, 2.45) is 0 Å². The van der Waals surface area contributed by atoms with Crippen molar-refractivity contribution in [2.75, 3.05) is 6.54 Å². The molecular weight excluding hydrogens is 260 g/mol. The van der Waals surface area contributed by atoms with E-state index in [0.29, 0.717) is 5.82 Å². The van der Waals surface area contributed by atoms with Crippen LogP contribution in [0.5, 0.6) is 0 Å². The van der Waals surface area contributed by atoms with Crippen molar-refractivity contribution in [1.82, 2.24) is 20.6 Å². The second kappa shape index (κ2) is 6.05. The Bertz CT molecular complexity index is 590. The van der Waals surface area contributed by atoms with Crippen molar-refractivity contribution in [2.45, 2.75) is 19.4 Å². The van der Waals surface area contributed by atoms with Crippen molar-refractivity contribution in [1.29, 1.82) is 0 Å². The molecule has 1 heterocycles. The van der Waals surface area contributed by atoms with Crippen LogP contribution < -0.4 is 10.6 Å². The van der Waals surface area contributed by atoms with E-state index in [1.54, 1.807) is 6.92 Å². The number of nitrogens with one attached hydrogen (secondary N) is 3. The topological polar surface area (TPSA) is 107 Å². The van der Waals surface area contributed by atoms with Gasteiger partial charge in [-0.3, -0.25) is 4.79 Å². The Kier molecular flexibility index (Phi) is 4.19. The summed E-state index contributed by atoms with van der Waals surface area (Å²) in [6.45, 7) is 1.89. The van der Waals surface area contributed by atoms with E-state index in [2.05, 4.69) is 20.6 Å². The molecule has 0 aliphatic carbocycles. The number of carbonyl (C=O) groups excluding carboxylic acids is 1. The largest absolute Gasteiger partial charge is 0.481 e. The number of aromatic amines is 1. The first-order valence-corrected chi connectivity index (χ1v) is 6.27. The SMILES string of the molecule is CC(NC(=O)NCCC(=O)O)c1nc2ccccc2[nH]1.